The van der Waals surface area contributed by atoms with Crippen LogP contribution in [0.15, 0.2) is 41.6 Å². The van der Waals surface area contributed by atoms with Crippen LogP contribution in [0.3, 0.4) is 0 Å². The minimum atomic E-state index is -0.304. The van der Waals surface area contributed by atoms with Gasteiger partial charge in [0.05, 0.1) is 16.5 Å². The zero-order valence-electron chi connectivity index (χ0n) is 11.2. The van der Waals surface area contributed by atoms with E-state index in [0.29, 0.717) is 5.13 Å². The van der Waals surface area contributed by atoms with Gasteiger partial charge in [0.2, 0.25) is 5.91 Å². The quantitative estimate of drug-likeness (QED) is 0.800. The maximum Gasteiger partial charge on any atom is 0.253 e. The van der Waals surface area contributed by atoms with Crippen molar-refractivity contribution in [1.29, 1.82) is 0 Å². The Bertz CT molecular complexity index is 869. The molecule has 1 N–H and O–H groups in total. The zero-order chi connectivity index (χ0) is 14.8. The number of anilines is 1. The van der Waals surface area contributed by atoms with Crippen LogP contribution in [0.1, 0.15) is 5.56 Å². The number of hydrogen-bond acceptors (Lipinski definition) is 5. The van der Waals surface area contributed by atoms with Gasteiger partial charge in [-0.2, -0.15) is 0 Å². The molecule has 21 heavy (non-hydrogen) atoms. The summed E-state index contributed by atoms with van der Waals surface area (Å²) < 4.78 is 2.26. The van der Waals surface area contributed by atoms with Gasteiger partial charge >= 0.3 is 0 Å². The Labute approximate surface area is 124 Å². The first-order chi connectivity index (χ1) is 10.1. The van der Waals surface area contributed by atoms with E-state index in [1.807, 2.05) is 25.1 Å². The highest BCUT2D eigenvalue weighted by Gasteiger charge is 2.10. The van der Waals surface area contributed by atoms with Gasteiger partial charge in [-0.05, 0) is 18.6 Å². The van der Waals surface area contributed by atoms with E-state index in [2.05, 4.69) is 15.3 Å². The SMILES string of the molecule is Cc1cccc2sc(NC(=O)Cn3cnccc3=O)nc12. The molecule has 0 unspecified atom stereocenters. The molecule has 0 saturated carbocycles. The molecule has 0 atom stereocenters. The van der Waals surface area contributed by atoms with E-state index in [-0.39, 0.29) is 18.0 Å². The van der Waals surface area contributed by atoms with Crippen LogP contribution >= 0.6 is 11.3 Å². The predicted octanol–water partition coefficient (Wildman–Crippen LogP) is 1.80. The molecule has 0 spiro atoms. The average Bonchev–Trinajstić information content (AvgIpc) is 2.85. The van der Waals surface area contributed by atoms with Crippen LogP contribution < -0.4 is 10.9 Å². The maximum atomic E-state index is 12.0. The molecule has 2 aromatic heterocycles. The summed E-state index contributed by atoms with van der Waals surface area (Å²) >= 11 is 1.41. The minimum absolute atomic E-state index is 0.0818. The summed E-state index contributed by atoms with van der Waals surface area (Å²) in [7, 11) is 0. The average molecular weight is 300 g/mol. The Morgan fingerprint density at radius 3 is 3.00 bits per heavy atom. The van der Waals surface area contributed by atoms with E-state index in [9.17, 15) is 9.59 Å². The van der Waals surface area contributed by atoms with Crippen molar-refractivity contribution in [2.45, 2.75) is 13.5 Å². The van der Waals surface area contributed by atoms with Crippen molar-refractivity contribution in [3.8, 4) is 0 Å². The molecule has 3 rings (SSSR count). The summed E-state index contributed by atoms with van der Waals surface area (Å²) in [6.45, 7) is 1.89. The highest BCUT2D eigenvalue weighted by Crippen LogP contribution is 2.27. The van der Waals surface area contributed by atoms with E-state index in [0.717, 1.165) is 15.8 Å². The van der Waals surface area contributed by atoms with E-state index < -0.39 is 0 Å². The lowest BCUT2D eigenvalue weighted by Crippen LogP contribution is -2.26. The van der Waals surface area contributed by atoms with Gasteiger partial charge in [-0.3, -0.25) is 14.2 Å². The van der Waals surface area contributed by atoms with E-state index in [1.54, 1.807) is 0 Å². The number of amides is 1. The number of carbonyl (C=O) groups excluding carboxylic acids is 1. The molecular formula is C14H12N4O2S. The van der Waals surface area contributed by atoms with Crippen LogP contribution in [0.4, 0.5) is 5.13 Å². The molecule has 7 heteroatoms. The lowest BCUT2D eigenvalue weighted by atomic mass is 10.2. The summed E-state index contributed by atoms with van der Waals surface area (Å²) in [5.41, 5.74) is 1.68. The molecule has 1 amide bonds. The van der Waals surface area contributed by atoms with Crippen molar-refractivity contribution in [2.75, 3.05) is 5.32 Å². The fraction of sp³-hybridized carbons (Fsp3) is 0.143. The second kappa shape index (κ2) is 5.45. The van der Waals surface area contributed by atoms with Gasteiger partial charge in [0.15, 0.2) is 5.13 Å². The lowest BCUT2D eigenvalue weighted by molar-refractivity contribution is -0.116. The minimum Gasteiger partial charge on any atom is -0.300 e. The second-order valence-corrected chi connectivity index (χ2v) is 5.57. The van der Waals surface area contributed by atoms with E-state index in [1.165, 1.54) is 34.5 Å². The number of fused-ring (bicyclic) bond motifs is 1. The Balaban J connectivity index is 1.79. The summed E-state index contributed by atoms with van der Waals surface area (Å²) in [6.07, 6.45) is 2.73. The Hall–Kier alpha value is -2.54. The first-order valence-electron chi connectivity index (χ1n) is 6.30. The van der Waals surface area contributed by atoms with Crippen molar-refractivity contribution >= 4 is 32.6 Å². The van der Waals surface area contributed by atoms with Gasteiger partial charge in [-0.1, -0.05) is 23.5 Å². The lowest BCUT2D eigenvalue weighted by Gasteiger charge is -2.03. The van der Waals surface area contributed by atoms with Crippen LogP contribution in [0.5, 0.6) is 0 Å². The number of aromatic nitrogens is 3. The molecule has 0 radical (unpaired) electrons. The molecule has 0 fully saturated rings. The number of rotatable bonds is 3. The molecule has 6 nitrogen and oxygen atoms in total. The Kier molecular flexibility index (Phi) is 3.49. The highest BCUT2D eigenvalue weighted by atomic mass is 32.1. The van der Waals surface area contributed by atoms with Gasteiger partial charge in [0.1, 0.15) is 6.54 Å². The molecule has 2 heterocycles. The summed E-state index contributed by atoms with van der Waals surface area (Å²) in [5, 5.41) is 3.24. The maximum absolute atomic E-state index is 12.0. The number of carbonyl (C=O) groups is 1. The van der Waals surface area contributed by atoms with Crippen LogP contribution in [0.25, 0.3) is 10.2 Å². The smallest absolute Gasteiger partial charge is 0.253 e. The molecule has 0 saturated heterocycles. The van der Waals surface area contributed by atoms with Gasteiger partial charge in [-0.15, -0.1) is 0 Å². The number of nitrogens with one attached hydrogen (secondary N) is 1. The molecule has 106 valence electrons. The molecular weight excluding hydrogens is 288 g/mol. The summed E-state index contributed by atoms with van der Waals surface area (Å²) in [5.74, 6) is -0.304. The van der Waals surface area contributed by atoms with E-state index in [4.69, 9.17) is 0 Å². The van der Waals surface area contributed by atoms with Crippen LogP contribution in [-0.4, -0.2) is 20.4 Å². The topological polar surface area (TPSA) is 76.9 Å². The Morgan fingerprint density at radius 2 is 2.24 bits per heavy atom. The van der Waals surface area contributed by atoms with E-state index >= 15 is 0 Å². The third kappa shape index (κ3) is 2.82. The van der Waals surface area contributed by atoms with Crippen molar-refractivity contribution in [3.63, 3.8) is 0 Å². The highest BCUT2D eigenvalue weighted by molar-refractivity contribution is 7.22. The monoisotopic (exact) mass is 300 g/mol. The van der Waals surface area contributed by atoms with Crippen LogP contribution in [-0.2, 0) is 11.3 Å². The number of aryl methyl sites for hydroxylation is 1. The third-order valence-electron chi connectivity index (χ3n) is 2.97. The fourth-order valence-corrected chi connectivity index (χ4v) is 2.91. The first kappa shape index (κ1) is 13.4. The third-order valence-corrected chi connectivity index (χ3v) is 3.91. The summed E-state index contributed by atoms with van der Waals surface area (Å²) in [6, 6.07) is 7.20. The number of benzene rings is 1. The number of nitrogens with zero attached hydrogens (tertiary/aromatic N) is 3. The van der Waals surface area contributed by atoms with Crippen LogP contribution in [0, 0.1) is 6.92 Å². The van der Waals surface area contributed by atoms with Crippen molar-refractivity contribution in [1.82, 2.24) is 14.5 Å². The summed E-state index contributed by atoms with van der Waals surface area (Å²) in [4.78, 5) is 31.7. The van der Waals surface area contributed by atoms with Gasteiger partial charge < -0.3 is 5.32 Å². The second-order valence-electron chi connectivity index (χ2n) is 4.54. The largest absolute Gasteiger partial charge is 0.300 e. The predicted molar refractivity (Wildman–Crippen MR) is 81.5 cm³/mol. The first-order valence-corrected chi connectivity index (χ1v) is 7.11. The zero-order valence-corrected chi connectivity index (χ0v) is 12.1. The van der Waals surface area contributed by atoms with Crippen molar-refractivity contribution in [2.24, 2.45) is 0 Å². The number of para-hydroxylation sites is 1. The van der Waals surface area contributed by atoms with Crippen molar-refractivity contribution in [3.05, 3.63) is 52.7 Å². The van der Waals surface area contributed by atoms with Gasteiger partial charge in [-0.25, -0.2) is 9.97 Å². The molecule has 3 aromatic rings. The van der Waals surface area contributed by atoms with Crippen molar-refractivity contribution < 1.29 is 4.79 Å². The molecule has 0 bridgehead atoms. The fourth-order valence-electron chi connectivity index (χ4n) is 1.95. The Morgan fingerprint density at radius 1 is 1.38 bits per heavy atom. The number of thiazole rings is 1. The van der Waals surface area contributed by atoms with Gasteiger partial charge in [0.25, 0.3) is 5.56 Å². The molecule has 0 aliphatic carbocycles. The molecule has 1 aromatic carbocycles. The molecule has 0 aliphatic heterocycles. The molecule has 0 aliphatic rings. The normalized spacial score (nSPS) is 10.7. The van der Waals surface area contributed by atoms with Crippen LogP contribution in [0.2, 0.25) is 0 Å². The standard InChI is InChI=1S/C14H12N4O2S/c1-9-3-2-4-10-13(9)17-14(21-10)16-11(19)7-18-8-15-6-5-12(18)20/h2-6,8H,7H2,1H3,(H,16,17,19). The van der Waals surface area contributed by atoms with Gasteiger partial charge in [0, 0.05) is 12.3 Å². The number of hydrogen-bond donors (Lipinski definition) is 1.